The predicted molar refractivity (Wildman–Crippen MR) is 73.1 cm³/mol. The van der Waals surface area contributed by atoms with Crippen LogP contribution in [0.4, 0.5) is 5.82 Å². The molecule has 2 aromatic heterocycles. The average molecular weight is 255 g/mol. The molecule has 0 aliphatic heterocycles. The van der Waals surface area contributed by atoms with E-state index in [0.29, 0.717) is 5.82 Å². The highest BCUT2D eigenvalue weighted by atomic mass is 16.1. The molecule has 0 saturated heterocycles. The van der Waals surface area contributed by atoms with Crippen molar-refractivity contribution in [2.45, 2.75) is 6.92 Å². The number of nitrogens with zero attached hydrogens (tertiary/aromatic N) is 2. The van der Waals surface area contributed by atoms with Crippen molar-refractivity contribution in [3.05, 3.63) is 52.8 Å². The molecule has 0 bridgehead atoms. The zero-order chi connectivity index (χ0) is 13.4. The Morgan fingerprint density at radius 3 is 2.53 bits per heavy atom. The number of benzene rings is 1. The van der Waals surface area contributed by atoms with Crippen molar-refractivity contribution in [1.29, 1.82) is 0 Å². The molecule has 6 nitrogen and oxygen atoms in total. The predicted octanol–water partition coefficient (Wildman–Crippen LogP) is 1.45. The number of nitrogen functional groups attached to an aromatic ring is 1. The number of aromatic nitrogens is 4. The first-order valence-corrected chi connectivity index (χ1v) is 5.83. The van der Waals surface area contributed by atoms with Crippen molar-refractivity contribution in [3.8, 4) is 16.8 Å². The quantitative estimate of drug-likeness (QED) is 0.647. The molecule has 3 rings (SSSR count). The lowest BCUT2D eigenvalue weighted by Crippen LogP contribution is -2.15. The van der Waals surface area contributed by atoms with E-state index in [9.17, 15) is 4.79 Å². The summed E-state index contributed by atoms with van der Waals surface area (Å²) in [5.41, 5.74) is 9.11. The van der Waals surface area contributed by atoms with Crippen molar-refractivity contribution in [2.75, 3.05) is 5.73 Å². The molecule has 2 heterocycles. The summed E-state index contributed by atoms with van der Waals surface area (Å²) in [7, 11) is 0. The number of anilines is 1. The number of imidazole rings is 1. The summed E-state index contributed by atoms with van der Waals surface area (Å²) in [6.07, 6.45) is 3.36. The van der Waals surface area contributed by atoms with Gasteiger partial charge in [-0.15, -0.1) is 0 Å². The van der Waals surface area contributed by atoms with Crippen molar-refractivity contribution in [2.24, 2.45) is 0 Å². The Morgan fingerprint density at radius 2 is 2.00 bits per heavy atom. The molecule has 0 aliphatic rings. The van der Waals surface area contributed by atoms with Crippen LogP contribution in [-0.4, -0.2) is 19.7 Å². The molecule has 0 saturated carbocycles. The van der Waals surface area contributed by atoms with Crippen LogP contribution in [0.1, 0.15) is 5.69 Å². The van der Waals surface area contributed by atoms with Gasteiger partial charge >= 0.3 is 5.69 Å². The lowest BCUT2D eigenvalue weighted by Gasteiger charge is -2.05. The summed E-state index contributed by atoms with van der Waals surface area (Å²) < 4.78 is 1.61. The van der Waals surface area contributed by atoms with E-state index in [0.717, 1.165) is 22.5 Å². The van der Waals surface area contributed by atoms with Crippen molar-refractivity contribution in [1.82, 2.24) is 19.7 Å². The monoisotopic (exact) mass is 255 g/mol. The van der Waals surface area contributed by atoms with Gasteiger partial charge in [-0.05, 0) is 24.6 Å². The van der Waals surface area contributed by atoms with E-state index in [-0.39, 0.29) is 5.69 Å². The van der Waals surface area contributed by atoms with Gasteiger partial charge in [-0.1, -0.05) is 12.1 Å². The molecule has 0 aliphatic carbocycles. The molecule has 1 aromatic carbocycles. The zero-order valence-corrected chi connectivity index (χ0v) is 10.3. The number of hydrogen-bond acceptors (Lipinski definition) is 3. The lowest BCUT2D eigenvalue weighted by atomic mass is 10.1. The third-order valence-corrected chi connectivity index (χ3v) is 3.07. The molecular formula is C13H13N5O. The lowest BCUT2D eigenvalue weighted by molar-refractivity contribution is 0.950. The fraction of sp³-hybridized carbons (Fsp3) is 0.0769. The molecule has 0 spiro atoms. The van der Waals surface area contributed by atoms with E-state index in [1.54, 1.807) is 17.0 Å². The van der Waals surface area contributed by atoms with Gasteiger partial charge < -0.3 is 10.7 Å². The summed E-state index contributed by atoms with van der Waals surface area (Å²) in [5.74, 6) is 0.530. The van der Waals surface area contributed by atoms with Crippen LogP contribution in [0, 0.1) is 6.92 Å². The van der Waals surface area contributed by atoms with E-state index in [1.165, 1.54) is 0 Å². The molecule has 0 radical (unpaired) electrons. The van der Waals surface area contributed by atoms with Crippen LogP contribution in [0.5, 0.6) is 0 Å². The Balaban J connectivity index is 2.05. The Labute approximate surface area is 108 Å². The van der Waals surface area contributed by atoms with Gasteiger partial charge in [0.25, 0.3) is 0 Å². The van der Waals surface area contributed by atoms with Gasteiger partial charge in [0.05, 0.1) is 11.9 Å². The largest absolute Gasteiger partial charge is 0.384 e. The SMILES string of the molecule is Cc1c[nH]c(=O)n1-c1ccc(-c2cn[nH]c2N)cc1. The molecule has 19 heavy (non-hydrogen) atoms. The number of rotatable bonds is 2. The Bertz CT molecular complexity index is 763. The smallest absolute Gasteiger partial charge is 0.330 e. The molecule has 3 aromatic rings. The van der Waals surface area contributed by atoms with E-state index in [1.807, 2.05) is 31.2 Å². The second-order valence-electron chi connectivity index (χ2n) is 4.31. The van der Waals surface area contributed by atoms with Gasteiger partial charge in [-0.3, -0.25) is 9.67 Å². The second kappa shape index (κ2) is 4.16. The van der Waals surface area contributed by atoms with Crippen molar-refractivity contribution < 1.29 is 0 Å². The maximum atomic E-state index is 11.7. The Kier molecular flexibility index (Phi) is 2.49. The number of H-pyrrole nitrogens is 2. The molecule has 96 valence electrons. The zero-order valence-electron chi connectivity index (χ0n) is 10.3. The number of aromatic amines is 2. The molecule has 0 fully saturated rings. The number of aryl methyl sites for hydroxylation is 1. The van der Waals surface area contributed by atoms with Gasteiger partial charge in [0, 0.05) is 17.5 Å². The highest BCUT2D eigenvalue weighted by molar-refractivity contribution is 5.73. The summed E-state index contributed by atoms with van der Waals surface area (Å²) >= 11 is 0. The van der Waals surface area contributed by atoms with Gasteiger partial charge in [0.15, 0.2) is 0 Å². The van der Waals surface area contributed by atoms with Crippen molar-refractivity contribution in [3.63, 3.8) is 0 Å². The topological polar surface area (TPSA) is 92.5 Å². The van der Waals surface area contributed by atoms with Crippen molar-refractivity contribution >= 4 is 5.82 Å². The van der Waals surface area contributed by atoms with E-state index < -0.39 is 0 Å². The summed E-state index contributed by atoms with van der Waals surface area (Å²) in [4.78, 5) is 14.3. The third-order valence-electron chi connectivity index (χ3n) is 3.07. The first kappa shape index (κ1) is 11.3. The molecule has 0 unspecified atom stereocenters. The van der Waals surface area contributed by atoms with Crippen LogP contribution in [0.15, 0.2) is 41.5 Å². The minimum absolute atomic E-state index is 0.145. The minimum atomic E-state index is -0.145. The summed E-state index contributed by atoms with van der Waals surface area (Å²) in [5, 5.41) is 6.58. The van der Waals surface area contributed by atoms with Crippen LogP contribution in [0.3, 0.4) is 0 Å². The van der Waals surface area contributed by atoms with Crippen LogP contribution in [-0.2, 0) is 0 Å². The number of nitrogens with two attached hydrogens (primary N) is 1. The second-order valence-corrected chi connectivity index (χ2v) is 4.31. The first-order chi connectivity index (χ1) is 9.16. The Hall–Kier alpha value is -2.76. The standard InChI is InChI=1S/C13H13N5O/c1-8-6-15-13(19)18(8)10-4-2-9(3-5-10)11-7-16-17-12(11)14/h2-7H,1H3,(H,15,19)(H3,14,16,17). The normalized spacial score (nSPS) is 10.8. The maximum absolute atomic E-state index is 11.7. The van der Waals surface area contributed by atoms with Gasteiger partial charge in [0.2, 0.25) is 0 Å². The van der Waals surface area contributed by atoms with E-state index in [4.69, 9.17) is 5.73 Å². The highest BCUT2D eigenvalue weighted by Gasteiger charge is 2.07. The molecule has 0 atom stereocenters. The van der Waals surface area contributed by atoms with Gasteiger partial charge in [-0.25, -0.2) is 4.79 Å². The highest BCUT2D eigenvalue weighted by Crippen LogP contribution is 2.24. The number of nitrogens with one attached hydrogen (secondary N) is 2. The first-order valence-electron chi connectivity index (χ1n) is 5.83. The molecule has 6 heteroatoms. The van der Waals surface area contributed by atoms with Crippen LogP contribution in [0.25, 0.3) is 16.8 Å². The summed E-state index contributed by atoms with van der Waals surface area (Å²) in [6.45, 7) is 1.87. The van der Waals surface area contributed by atoms with E-state index >= 15 is 0 Å². The Morgan fingerprint density at radius 1 is 1.26 bits per heavy atom. The molecular weight excluding hydrogens is 242 g/mol. The fourth-order valence-electron chi connectivity index (χ4n) is 2.09. The fourth-order valence-corrected chi connectivity index (χ4v) is 2.09. The third kappa shape index (κ3) is 1.83. The van der Waals surface area contributed by atoms with Crippen LogP contribution < -0.4 is 11.4 Å². The average Bonchev–Trinajstić information content (AvgIpc) is 2.97. The van der Waals surface area contributed by atoms with Gasteiger partial charge in [-0.2, -0.15) is 5.10 Å². The molecule has 4 N–H and O–H groups in total. The van der Waals surface area contributed by atoms with Gasteiger partial charge in [0.1, 0.15) is 5.82 Å². The summed E-state index contributed by atoms with van der Waals surface area (Å²) in [6, 6.07) is 7.58. The van der Waals surface area contributed by atoms with E-state index in [2.05, 4.69) is 15.2 Å². The minimum Gasteiger partial charge on any atom is -0.384 e. The maximum Gasteiger partial charge on any atom is 0.330 e. The van der Waals surface area contributed by atoms with Crippen LogP contribution in [0.2, 0.25) is 0 Å². The number of hydrogen-bond donors (Lipinski definition) is 3. The molecule has 0 amide bonds. The van der Waals surface area contributed by atoms with Crippen LogP contribution >= 0.6 is 0 Å².